The minimum atomic E-state index is -1.28. The number of nitrogens with zero attached hydrogens (tertiary/aromatic N) is 4. The average molecular weight is 421 g/mol. The number of anilines is 1. The van der Waals surface area contributed by atoms with Crippen molar-refractivity contribution in [3.63, 3.8) is 0 Å². The molecule has 3 heterocycles. The first-order chi connectivity index (χ1) is 15.1. The number of aliphatic hydroxyl groups is 3. The fourth-order valence-electron chi connectivity index (χ4n) is 3.75. The van der Waals surface area contributed by atoms with Crippen molar-refractivity contribution in [2.45, 2.75) is 24.5 Å². The lowest BCUT2D eigenvalue weighted by Crippen LogP contribution is -2.33. The number of aliphatic hydroxyl groups excluding tert-OH is 3. The van der Waals surface area contributed by atoms with Gasteiger partial charge in [0.15, 0.2) is 23.2 Å². The summed E-state index contributed by atoms with van der Waals surface area (Å²) in [4.78, 5) is 25.4. The topological polar surface area (TPSA) is 143 Å². The van der Waals surface area contributed by atoms with Crippen LogP contribution in [0.3, 0.4) is 0 Å². The van der Waals surface area contributed by atoms with E-state index in [1.54, 1.807) is 12.1 Å². The van der Waals surface area contributed by atoms with Crippen molar-refractivity contribution in [1.82, 2.24) is 19.5 Å². The third kappa shape index (κ3) is 3.31. The molecule has 2 aromatic carbocycles. The lowest BCUT2D eigenvalue weighted by Gasteiger charge is -2.16. The largest absolute Gasteiger partial charge is 0.394 e. The summed E-state index contributed by atoms with van der Waals surface area (Å²) < 4.78 is 6.98. The number of amides is 1. The van der Waals surface area contributed by atoms with Crippen molar-refractivity contribution >= 4 is 33.7 Å². The molecule has 4 atom stereocenters. The number of hydrogen-bond acceptors (Lipinski definition) is 8. The van der Waals surface area contributed by atoms with Crippen LogP contribution in [0.25, 0.3) is 21.9 Å². The van der Waals surface area contributed by atoms with Gasteiger partial charge in [-0.15, -0.1) is 0 Å². The Balaban J connectivity index is 1.45. The van der Waals surface area contributed by atoms with E-state index in [4.69, 9.17) is 4.74 Å². The lowest BCUT2D eigenvalue weighted by atomic mass is 10.1. The number of aromatic nitrogens is 4. The third-order valence-electron chi connectivity index (χ3n) is 5.39. The summed E-state index contributed by atoms with van der Waals surface area (Å²) in [6.07, 6.45) is -1.80. The number of hydrogen-bond donors (Lipinski definition) is 4. The molecule has 4 N–H and O–H groups in total. The predicted molar refractivity (Wildman–Crippen MR) is 110 cm³/mol. The number of nitrogens with one attached hydrogen (secondary N) is 1. The molecule has 158 valence electrons. The SMILES string of the molecule is O=C(Nc1ncnc2c1ncn2[C@@H]1O[C@H](CO)C(O)C1O)c1ccc2ccccc2c1. The highest BCUT2D eigenvalue weighted by Crippen LogP contribution is 2.32. The molecule has 1 aliphatic rings. The van der Waals surface area contributed by atoms with Crippen LogP contribution < -0.4 is 5.32 Å². The molecule has 1 aliphatic heterocycles. The Labute approximate surface area is 175 Å². The summed E-state index contributed by atoms with van der Waals surface area (Å²) in [6, 6.07) is 13.1. The van der Waals surface area contributed by atoms with E-state index in [1.165, 1.54) is 17.2 Å². The second-order valence-corrected chi connectivity index (χ2v) is 7.29. The number of carbonyl (C=O) groups is 1. The second-order valence-electron chi connectivity index (χ2n) is 7.29. The van der Waals surface area contributed by atoms with Crippen molar-refractivity contribution in [3.8, 4) is 0 Å². The molecule has 4 aromatic rings. The number of imidazole rings is 1. The standard InChI is InChI=1S/C21H19N5O5/c27-8-14-16(28)17(29)21(31-14)26-10-24-15-18(22-9-23-19(15)26)25-20(30)13-6-5-11-3-1-2-4-12(11)7-13/h1-7,9-10,14,16-17,21,27-29H,8H2,(H,22,23,25,30)/t14-,16?,17?,21-/m1/s1. The van der Waals surface area contributed by atoms with Crippen LogP contribution in [0.15, 0.2) is 55.1 Å². The zero-order chi connectivity index (χ0) is 21.5. The molecule has 0 saturated carbocycles. The molecule has 0 radical (unpaired) electrons. The van der Waals surface area contributed by atoms with E-state index in [0.717, 1.165) is 10.8 Å². The van der Waals surface area contributed by atoms with E-state index in [1.807, 2.05) is 30.3 Å². The summed E-state index contributed by atoms with van der Waals surface area (Å²) in [7, 11) is 0. The van der Waals surface area contributed by atoms with E-state index in [0.29, 0.717) is 16.7 Å². The van der Waals surface area contributed by atoms with Gasteiger partial charge < -0.3 is 25.4 Å². The zero-order valence-corrected chi connectivity index (χ0v) is 16.2. The van der Waals surface area contributed by atoms with Gasteiger partial charge in [0, 0.05) is 5.56 Å². The van der Waals surface area contributed by atoms with E-state index in [9.17, 15) is 20.1 Å². The van der Waals surface area contributed by atoms with Gasteiger partial charge in [0.1, 0.15) is 24.6 Å². The molecule has 1 amide bonds. The van der Waals surface area contributed by atoms with E-state index >= 15 is 0 Å². The number of benzene rings is 2. The van der Waals surface area contributed by atoms with Gasteiger partial charge in [-0.1, -0.05) is 30.3 Å². The van der Waals surface area contributed by atoms with Crippen LogP contribution >= 0.6 is 0 Å². The lowest BCUT2D eigenvalue weighted by molar-refractivity contribution is -0.0511. The van der Waals surface area contributed by atoms with Gasteiger partial charge in [-0.25, -0.2) is 15.0 Å². The maximum absolute atomic E-state index is 12.8. The molecule has 31 heavy (non-hydrogen) atoms. The Morgan fingerprint density at radius 3 is 2.65 bits per heavy atom. The minimum absolute atomic E-state index is 0.202. The Morgan fingerprint density at radius 1 is 1.06 bits per heavy atom. The number of carbonyl (C=O) groups excluding carboxylic acids is 1. The molecule has 0 aliphatic carbocycles. The summed E-state index contributed by atoms with van der Waals surface area (Å²) in [5.41, 5.74) is 1.07. The van der Waals surface area contributed by atoms with Crippen LogP contribution in [0, 0.1) is 0 Å². The predicted octanol–water partition coefficient (Wildman–Crippen LogP) is 0.843. The van der Waals surface area contributed by atoms with Gasteiger partial charge in [0.05, 0.1) is 12.9 Å². The van der Waals surface area contributed by atoms with Crippen LogP contribution in [-0.2, 0) is 4.74 Å². The molecule has 2 aromatic heterocycles. The van der Waals surface area contributed by atoms with Crippen LogP contribution in [-0.4, -0.2) is 65.7 Å². The number of ether oxygens (including phenoxy) is 1. The van der Waals surface area contributed by atoms with Crippen molar-refractivity contribution in [2.24, 2.45) is 0 Å². The summed E-state index contributed by atoms with van der Waals surface area (Å²) >= 11 is 0. The molecule has 0 spiro atoms. The van der Waals surface area contributed by atoms with Crippen molar-refractivity contribution < 1.29 is 24.9 Å². The monoisotopic (exact) mass is 421 g/mol. The maximum atomic E-state index is 12.8. The molecule has 2 unspecified atom stereocenters. The molecular formula is C21H19N5O5. The molecule has 10 nitrogen and oxygen atoms in total. The van der Waals surface area contributed by atoms with Crippen LogP contribution in [0.4, 0.5) is 5.82 Å². The van der Waals surface area contributed by atoms with Crippen molar-refractivity contribution in [1.29, 1.82) is 0 Å². The Morgan fingerprint density at radius 2 is 1.87 bits per heavy atom. The van der Waals surface area contributed by atoms with Gasteiger partial charge in [0.25, 0.3) is 5.91 Å². The maximum Gasteiger partial charge on any atom is 0.256 e. The molecule has 1 fully saturated rings. The Bertz CT molecular complexity index is 1280. The number of fused-ring (bicyclic) bond motifs is 2. The van der Waals surface area contributed by atoms with Gasteiger partial charge in [-0.05, 0) is 22.9 Å². The highest BCUT2D eigenvalue weighted by Gasteiger charge is 2.44. The van der Waals surface area contributed by atoms with Crippen LogP contribution in [0.5, 0.6) is 0 Å². The van der Waals surface area contributed by atoms with Crippen LogP contribution in [0.2, 0.25) is 0 Å². The van der Waals surface area contributed by atoms with Crippen molar-refractivity contribution in [2.75, 3.05) is 11.9 Å². The van der Waals surface area contributed by atoms with Gasteiger partial charge in [0.2, 0.25) is 0 Å². The summed E-state index contributed by atoms with van der Waals surface area (Å²) in [5.74, 6) is -0.151. The van der Waals surface area contributed by atoms with E-state index in [2.05, 4.69) is 20.3 Å². The van der Waals surface area contributed by atoms with E-state index < -0.39 is 31.1 Å². The number of rotatable bonds is 4. The first-order valence-electron chi connectivity index (χ1n) is 9.67. The minimum Gasteiger partial charge on any atom is -0.394 e. The normalized spacial score (nSPS) is 23.5. The Kier molecular flexibility index (Phi) is 4.83. The van der Waals surface area contributed by atoms with E-state index in [-0.39, 0.29) is 11.7 Å². The third-order valence-corrected chi connectivity index (χ3v) is 5.39. The molecular weight excluding hydrogens is 402 g/mol. The molecule has 10 heteroatoms. The fourth-order valence-corrected chi connectivity index (χ4v) is 3.75. The van der Waals surface area contributed by atoms with Crippen molar-refractivity contribution in [3.05, 3.63) is 60.7 Å². The Hall–Kier alpha value is -3.44. The first kappa shape index (κ1) is 19.5. The fraction of sp³-hybridized carbons (Fsp3) is 0.238. The average Bonchev–Trinajstić information content (AvgIpc) is 3.35. The second kappa shape index (κ2) is 7.67. The van der Waals surface area contributed by atoms with Gasteiger partial charge in [-0.3, -0.25) is 9.36 Å². The van der Waals surface area contributed by atoms with Crippen LogP contribution in [0.1, 0.15) is 16.6 Å². The quantitative estimate of drug-likeness (QED) is 0.380. The molecule has 5 rings (SSSR count). The zero-order valence-electron chi connectivity index (χ0n) is 16.2. The summed E-state index contributed by atoms with van der Waals surface area (Å²) in [6.45, 7) is -0.441. The molecule has 0 bridgehead atoms. The molecule has 1 saturated heterocycles. The highest BCUT2D eigenvalue weighted by atomic mass is 16.6. The smallest absolute Gasteiger partial charge is 0.256 e. The first-order valence-corrected chi connectivity index (χ1v) is 9.67. The van der Waals surface area contributed by atoms with Gasteiger partial charge in [-0.2, -0.15) is 0 Å². The highest BCUT2D eigenvalue weighted by molar-refractivity contribution is 6.08. The summed E-state index contributed by atoms with van der Waals surface area (Å²) in [5, 5.41) is 34.3. The van der Waals surface area contributed by atoms with Gasteiger partial charge >= 0.3 is 0 Å².